The molecule has 0 saturated carbocycles. The van der Waals surface area contributed by atoms with E-state index in [1.807, 2.05) is 23.8 Å². The Bertz CT molecular complexity index is 915. The van der Waals surface area contributed by atoms with E-state index in [-0.39, 0.29) is 12.6 Å². The molecule has 0 aliphatic heterocycles. The van der Waals surface area contributed by atoms with Gasteiger partial charge in [0.2, 0.25) is 0 Å². The van der Waals surface area contributed by atoms with Crippen LogP contribution < -0.4 is 4.90 Å². The number of halogens is 3. The van der Waals surface area contributed by atoms with Gasteiger partial charge in [0.05, 0.1) is 36.2 Å². The minimum atomic E-state index is -4.62. The van der Waals surface area contributed by atoms with Crippen molar-refractivity contribution in [3.63, 3.8) is 0 Å². The molecule has 0 saturated heterocycles. The molecule has 1 aliphatic rings. The number of hydrogen-bond acceptors (Lipinski definition) is 4. The molecule has 1 N–H and O–H groups in total. The molecule has 2 aromatic rings. The molecule has 2 atom stereocenters. The molecule has 0 amide bonds. The van der Waals surface area contributed by atoms with Crippen molar-refractivity contribution in [1.82, 2.24) is 9.55 Å². The van der Waals surface area contributed by atoms with Crippen molar-refractivity contribution in [2.75, 3.05) is 18.6 Å². The lowest BCUT2D eigenvalue weighted by molar-refractivity contribution is -0.137. The molecule has 0 fully saturated rings. The van der Waals surface area contributed by atoms with Crippen LogP contribution in [0.15, 0.2) is 43.0 Å². The summed E-state index contributed by atoms with van der Waals surface area (Å²) < 4.78 is 41.9. The van der Waals surface area contributed by atoms with Crippen molar-refractivity contribution >= 4 is 11.4 Å². The van der Waals surface area contributed by atoms with Crippen LogP contribution in [0.2, 0.25) is 0 Å². The van der Waals surface area contributed by atoms with Crippen molar-refractivity contribution in [1.29, 1.82) is 5.26 Å². The summed E-state index contributed by atoms with van der Waals surface area (Å²) in [5.41, 5.74) is -0.581. The summed E-state index contributed by atoms with van der Waals surface area (Å²) in [4.78, 5) is 5.77. The lowest BCUT2D eigenvalue weighted by atomic mass is 9.73. The standard InChI is InChI=1S/C20H21F3N4O/c1-19(12-28)6-5-16(27-8-7-25-13-27)10-18(19)26(2)15-4-3-14(11-24)17(9-15)20(21,22)23/h3-4,7-10,13,18,28H,5-6,12H2,1-2H3. The highest BCUT2D eigenvalue weighted by molar-refractivity contribution is 5.58. The maximum atomic E-state index is 13.4. The van der Waals surface area contributed by atoms with Gasteiger partial charge in [-0.25, -0.2) is 4.98 Å². The lowest BCUT2D eigenvalue weighted by Gasteiger charge is -2.44. The van der Waals surface area contributed by atoms with Crippen LogP contribution in [0.25, 0.3) is 5.70 Å². The highest BCUT2D eigenvalue weighted by Crippen LogP contribution is 2.41. The first-order valence-corrected chi connectivity index (χ1v) is 8.83. The number of aromatic nitrogens is 2. The smallest absolute Gasteiger partial charge is 0.396 e. The van der Waals surface area contributed by atoms with Crippen LogP contribution in [0.5, 0.6) is 0 Å². The van der Waals surface area contributed by atoms with E-state index in [1.54, 1.807) is 30.5 Å². The molecule has 148 valence electrons. The molecule has 0 spiro atoms. The second-order valence-corrected chi connectivity index (χ2v) is 7.34. The van der Waals surface area contributed by atoms with Gasteiger partial charge in [-0.15, -0.1) is 0 Å². The van der Waals surface area contributed by atoms with Gasteiger partial charge in [0.25, 0.3) is 0 Å². The first-order valence-electron chi connectivity index (χ1n) is 8.83. The number of alkyl halides is 3. The Balaban J connectivity index is 2.04. The maximum absolute atomic E-state index is 13.4. The van der Waals surface area contributed by atoms with Gasteiger partial charge in [-0.2, -0.15) is 18.4 Å². The zero-order valence-corrected chi connectivity index (χ0v) is 15.6. The molecular formula is C20H21F3N4O. The second-order valence-electron chi connectivity index (χ2n) is 7.34. The number of imidazole rings is 1. The van der Waals surface area contributed by atoms with Crippen molar-refractivity contribution in [2.45, 2.75) is 32.0 Å². The third-order valence-electron chi connectivity index (χ3n) is 5.47. The van der Waals surface area contributed by atoms with Crippen LogP contribution in [-0.2, 0) is 6.18 Å². The molecular weight excluding hydrogens is 369 g/mol. The molecule has 1 aromatic carbocycles. The second kappa shape index (κ2) is 7.32. The van der Waals surface area contributed by atoms with E-state index in [4.69, 9.17) is 5.26 Å². The number of aliphatic hydroxyl groups is 1. The van der Waals surface area contributed by atoms with Gasteiger partial charge >= 0.3 is 6.18 Å². The Morgan fingerprint density at radius 3 is 2.75 bits per heavy atom. The Morgan fingerprint density at radius 2 is 2.18 bits per heavy atom. The first-order chi connectivity index (χ1) is 13.2. The molecule has 0 radical (unpaired) electrons. The Hall–Kier alpha value is -2.79. The van der Waals surface area contributed by atoms with Crippen molar-refractivity contribution in [3.05, 3.63) is 54.1 Å². The summed E-state index contributed by atoms with van der Waals surface area (Å²) in [5.74, 6) is 0. The Morgan fingerprint density at radius 1 is 1.43 bits per heavy atom. The van der Waals surface area contributed by atoms with E-state index >= 15 is 0 Å². The summed E-state index contributed by atoms with van der Waals surface area (Å²) in [7, 11) is 1.70. The molecule has 28 heavy (non-hydrogen) atoms. The summed E-state index contributed by atoms with van der Waals surface area (Å²) >= 11 is 0. The van der Waals surface area contributed by atoms with Crippen LogP contribution in [0.3, 0.4) is 0 Å². The highest BCUT2D eigenvalue weighted by Gasteiger charge is 2.40. The maximum Gasteiger partial charge on any atom is 0.417 e. The SMILES string of the molecule is CN(c1ccc(C#N)c(C(F)(F)F)c1)C1C=C(n2ccnc2)CCC1(C)CO. The quantitative estimate of drug-likeness (QED) is 0.860. The molecule has 3 rings (SSSR count). The van der Waals surface area contributed by atoms with Gasteiger partial charge in [-0.05, 0) is 37.1 Å². The van der Waals surface area contributed by atoms with Crippen LogP contribution in [0.4, 0.5) is 18.9 Å². The average Bonchev–Trinajstić information content (AvgIpc) is 3.21. The van der Waals surface area contributed by atoms with E-state index in [0.29, 0.717) is 12.1 Å². The number of benzene rings is 1. The van der Waals surface area contributed by atoms with Gasteiger partial charge in [-0.1, -0.05) is 6.92 Å². The number of rotatable bonds is 4. The van der Waals surface area contributed by atoms with Crippen LogP contribution >= 0.6 is 0 Å². The summed E-state index contributed by atoms with van der Waals surface area (Å²) in [6.45, 7) is 1.82. The number of nitriles is 1. The molecule has 5 nitrogen and oxygen atoms in total. The summed E-state index contributed by atoms with van der Waals surface area (Å²) in [6.07, 6.45) is 3.89. The van der Waals surface area contributed by atoms with Gasteiger partial charge in [0.1, 0.15) is 0 Å². The fourth-order valence-corrected chi connectivity index (χ4v) is 3.67. The summed E-state index contributed by atoms with van der Waals surface area (Å²) in [5, 5.41) is 19.0. The minimum Gasteiger partial charge on any atom is -0.396 e. The zero-order chi connectivity index (χ0) is 20.5. The van der Waals surface area contributed by atoms with Crippen molar-refractivity contribution in [2.24, 2.45) is 5.41 Å². The fraction of sp³-hybridized carbons (Fsp3) is 0.400. The normalized spacial score (nSPS) is 22.5. The number of aliphatic hydroxyl groups excluding tert-OH is 1. The third kappa shape index (κ3) is 3.62. The predicted molar refractivity (Wildman–Crippen MR) is 99.3 cm³/mol. The molecule has 1 heterocycles. The van der Waals surface area contributed by atoms with E-state index in [9.17, 15) is 18.3 Å². The van der Waals surface area contributed by atoms with Gasteiger partial charge < -0.3 is 14.6 Å². The van der Waals surface area contributed by atoms with Crippen LogP contribution in [-0.4, -0.2) is 34.4 Å². The number of nitrogens with zero attached hydrogens (tertiary/aromatic N) is 4. The Kier molecular flexibility index (Phi) is 5.22. The third-order valence-corrected chi connectivity index (χ3v) is 5.47. The molecule has 1 aromatic heterocycles. The van der Waals surface area contributed by atoms with Gasteiger partial charge in [0, 0.05) is 36.2 Å². The Labute approximate surface area is 161 Å². The number of anilines is 1. The van der Waals surface area contributed by atoms with Crippen LogP contribution in [0.1, 0.15) is 30.9 Å². The van der Waals surface area contributed by atoms with E-state index in [0.717, 1.165) is 18.2 Å². The highest BCUT2D eigenvalue weighted by atomic mass is 19.4. The largest absolute Gasteiger partial charge is 0.417 e. The molecule has 8 heteroatoms. The topological polar surface area (TPSA) is 65.1 Å². The fourth-order valence-electron chi connectivity index (χ4n) is 3.67. The number of likely N-dealkylation sites (N-methyl/N-ethyl adjacent to an activating group) is 1. The lowest BCUT2D eigenvalue weighted by Crippen LogP contribution is -2.48. The summed E-state index contributed by atoms with van der Waals surface area (Å²) in [6, 6.07) is 4.95. The monoisotopic (exact) mass is 390 g/mol. The van der Waals surface area contributed by atoms with E-state index in [1.165, 1.54) is 12.1 Å². The zero-order valence-electron chi connectivity index (χ0n) is 15.6. The first kappa shape index (κ1) is 20.0. The molecule has 0 bridgehead atoms. The van der Waals surface area contributed by atoms with Crippen molar-refractivity contribution < 1.29 is 18.3 Å². The molecule has 2 unspecified atom stereocenters. The van der Waals surface area contributed by atoms with E-state index in [2.05, 4.69) is 4.98 Å². The van der Waals surface area contributed by atoms with Crippen LogP contribution in [0, 0.1) is 16.7 Å². The van der Waals surface area contributed by atoms with Gasteiger partial charge in [-0.3, -0.25) is 0 Å². The van der Waals surface area contributed by atoms with Crippen molar-refractivity contribution in [3.8, 4) is 6.07 Å². The number of allylic oxidation sites excluding steroid dienone is 1. The van der Waals surface area contributed by atoms with E-state index < -0.39 is 22.7 Å². The predicted octanol–water partition coefficient (Wildman–Crippen LogP) is 3.91. The van der Waals surface area contributed by atoms with Gasteiger partial charge in [0.15, 0.2) is 0 Å². The molecule has 1 aliphatic carbocycles. The minimum absolute atomic E-state index is 0.0991. The number of hydrogen-bond donors (Lipinski definition) is 1. The average molecular weight is 390 g/mol.